The minimum absolute atomic E-state index is 0.0169. The monoisotopic (exact) mass is 283 g/mol. The third kappa shape index (κ3) is 3.00. The second-order valence-electron chi connectivity index (χ2n) is 3.41. The van der Waals surface area contributed by atoms with Crippen molar-refractivity contribution in [2.75, 3.05) is 0 Å². The zero-order valence-electron chi connectivity index (χ0n) is 9.03. The summed E-state index contributed by atoms with van der Waals surface area (Å²) >= 11 is 8.97. The van der Waals surface area contributed by atoms with Gasteiger partial charge in [-0.05, 0) is 25.1 Å². The fraction of sp³-hybridized carbons (Fsp3) is 0.0909. The number of aromatic nitrogens is 1. The van der Waals surface area contributed by atoms with E-state index >= 15 is 0 Å². The van der Waals surface area contributed by atoms with Crippen LogP contribution < -0.4 is 5.73 Å². The largest absolute Gasteiger partial charge is 0.384 e. The first-order chi connectivity index (χ1) is 8.06. The van der Waals surface area contributed by atoms with Crippen LogP contribution in [0.25, 0.3) is 0 Å². The number of halogens is 1. The fourth-order valence-electron chi connectivity index (χ4n) is 1.28. The van der Waals surface area contributed by atoms with Gasteiger partial charge < -0.3 is 5.73 Å². The Labute approximate surface area is 113 Å². The first kappa shape index (κ1) is 12.4. The molecule has 6 heteroatoms. The van der Waals surface area contributed by atoms with Crippen molar-refractivity contribution in [3.05, 3.63) is 39.9 Å². The molecule has 17 heavy (non-hydrogen) atoms. The Morgan fingerprint density at radius 3 is 2.88 bits per heavy atom. The second kappa shape index (κ2) is 5.08. The van der Waals surface area contributed by atoms with Gasteiger partial charge in [-0.15, -0.1) is 11.3 Å². The van der Waals surface area contributed by atoms with Gasteiger partial charge in [0.1, 0.15) is 5.84 Å². The fourth-order valence-corrected chi connectivity index (χ4v) is 3.37. The van der Waals surface area contributed by atoms with Crippen LogP contribution >= 0.6 is 34.7 Å². The summed E-state index contributed by atoms with van der Waals surface area (Å²) in [5.41, 5.74) is 7.18. The predicted octanol–water partition coefficient (Wildman–Crippen LogP) is 3.54. The highest BCUT2D eigenvalue weighted by molar-refractivity contribution is 8.01. The molecule has 0 aliphatic heterocycles. The van der Waals surface area contributed by atoms with E-state index in [1.165, 1.54) is 11.8 Å². The third-order valence-electron chi connectivity index (χ3n) is 2.03. The van der Waals surface area contributed by atoms with E-state index in [1.807, 2.05) is 18.4 Å². The Morgan fingerprint density at radius 1 is 1.53 bits per heavy atom. The van der Waals surface area contributed by atoms with Crippen molar-refractivity contribution in [2.24, 2.45) is 5.73 Å². The van der Waals surface area contributed by atoms with Gasteiger partial charge in [0.05, 0.1) is 0 Å². The maximum absolute atomic E-state index is 7.53. The predicted molar refractivity (Wildman–Crippen MR) is 73.4 cm³/mol. The lowest BCUT2D eigenvalue weighted by atomic mass is 10.2. The van der Waals surface area contributed by atoms with Crippen molar-refractivity contribution in [1.29, 1.82) is 5.41 Å². The van der Waals surface area contributed by atoms with Gasteiger partial charge >= 0.3 is 0 Å². The zero-order chi connectivity index (χ0) is 12.4. The molecule has 88 valence electrons. The summed E-state index contributed by atoms with van der Waals surface area (Å²) in [5, 5.41) is 10.1. The van der Waals surface area contributed by atoms with Gasteiger partial charge in [0.15, 0.2) is 4.34 Å². The van der Waals surface area contributed by atoms with Crippen molar-refractivity contribution in [2.45, 2.75) is 16.2 Å². The Hall–Kier alpha value is -1.04. The molecular weight excluding hydrogens is 274 g/mol. The normalized spacial score (nSPS) is 10.5. The second-order valence-corrected chi connectivity index (χ2v) is 5.99. The number of hydrogen-bond acceptors (Lipinski definition) is 4. The number of thiazole rings is 1. The minimum atomic E-state index is 0.0169. The molecule has 2 rings (SSSR count). The molecule has 1 aromatic heterocycles. The third-order valence-corrected chi connectivity index (χ3v) is 4.39. The molecule has 1 aromatic carbocycles. The summed E-state index contributed by atoms with van der Waals surface area (Å²) in [6, 6.07) is 5.35. The van der Waals surface area contributed by atoms with Gasteiger partial charge in [-0.25, -0.2) is 4.98 Å². The van der Waals surface area contributed by atoms with E-state index in [-0.39, 0.29) is 5.84 Å². The number of amidine groups is 1. The SMILES string of the molecule is Cc1csc(Sc2ccc(Cl)cc2C(=N)N)n1. The smallest absolute Gasteiger partial charge is 0.154 e. The number of aryl methyl sites for hydroxylation is 1. The Bertz CT molecular complexity index is 566. The number of rotatable bonds is 3. The maximum Gasteiger partial charge on any atom is 0.154 e. The van der Waals surface area contributed by atoms with E-state index in [4.69, 9.17) is 22.7 Å². The topological polar surface area (TPSA) is 62.8 Å². The number of nitrogens with one attached hydrogen (secondary N) is 1. The molecule has 0 bridgehead atoms. The van der Waals surface area contributed by atoms with Crippen LogP contribution in [0.4, 0.5) is 0 Å². The zero-order valence-corrected chi connectivity index (χ0v) is 11.4. The lowest BCUT2D eigenvalue weighted by Crippen LogP contribution is -2.12. The van der Waals surface area contributed by atoms with Gasteiger partial charge in [0.2, 0.25) is 0 Å². The number of hydrogen-bond donors (Lipinski definition) is 2. The Kier molecular flexibility index (Phi) is 3.71. The van der Waals surface area contributed by atoms with E-state index in [2.05, 4.69) is 4.98 Å². The first-order valence-electron chi connectivity index (χ1n) is 4.80. The van der Waals surface area contributed by atoms with Gasteiger partial charge in [-0.2, -0.15) is 0 Å². The van der Waals surface area contributed by atoms with Crippen molar-refractivity contribution >= 4 is 40.5 Å². The molecule has 3 N–H and O–H groups in total. The average Bonchev–Trinajstić information content (AvgIpc) is 2.66. The summed E-state index contributed by atoms with van der Waals surface area (Å²) in [6.07, 6.45) is 0. The van der Waals surface area contributed by atoms with E-state index in [1.54, 1.807) is 23.5 Å². The number of nitrogens with zero attached hydrogens (tertiary/aromatic N) is 1. The lowest BCUT2D eigenvalue weighted by Gasteiger charge is -2.06. The molecule has 0 atom stereocenters. The van der Waals surface area contributed by atoms with Crippen LogP contribution in [0.15, 0.2) is 32.8 Å². The molecule has 0 saturated carbocycles. The minimum Gasteiger partial charge on any atom is -0.384 e. The summed E-state index contributed by atoms with van der Waals surface area (Å²) in [7, 11) is 0. The number of benzene rings is 1. The van der Waals surface area contributed by atoms with Crippen molar-refractivity contribution in [3.8, 4) is 0 Å². The van der Waals surface area contributed by atoms with Crippen molar-refractivity contribution < 1.29 is 0 Å². The average molecular weight is 284 g/mol. The van der Waals surface area contributed by atoms with Crippen LogP contribution in [-0.4, -0.2) is 10.8 Å². The molecular formula is C11H10ClN3S2. The highest BCUT2D eigenvalue weighted by Crippen LogP contribution is 2.33. The molecule has 0 aliphatic rings. The standard InChI is InChI=1S/C11H10ClN3S2/c1-6-5-16-11(15-6)17-9-3-2-7(12)4-8(9)10(13)14/h2-5H,1H3,(H3,13,14). The molecule has 0 saturated heterocycles. The van der Waals surface area contributed by atoms with Crippen LogP contribution in [0.2, 0.25) is 5.02 Å². The molecule has 0 fully saturated rings. The van der Waals surface area contributed by atoms with Crippen LogP contribution in [0.3, 0.4) is 0 Å². The Balaban J connectivity index is 2.35. The Morgan fingerprint density at radius 2 is 2.29 bits per heavy atom. The molecule has 0 amide bonds. The summed E-state index contributed by atoms with van der Waals surface area (Å²) in [5.74, 6) is 0.0169. The molecule has 0 aliphatic carbocycles. The van der Waals surface area contributed by atoms with E-state index in [0.29, 0.717) is 10.6 Å². The molecule has 2 aromatic rings. The summed E-state index contributed by atoms with van der Waals surface area (Å²) in [6.45, 7) is 1.95. The van der Waals surface area contributed by atoms with Crippen LogP contribution in [0.5, 0.6) is 0 Å². The molecule has 3 nitrogen and oxygen atoms in total. The van der Waals surface area contributed by atoms with Gasteiger partial charge in [0, 0.05) is 26.6 Å². The highest BCUT2D eigenvalue weighted by Gasteiger charge is 2.09. The van der Waals surface area contributed by atoms with E-state index < -0.39 is 0 Å². The van der Waals surface area contributed by atoms with E-state index in [9.17, 15) is 0 Å². The summed E-state index contributed by atoms with van der Waals surface area (Å²) < 4.78 is 0.937. The summed E-state index contributed by atoms with van der Waals surface area (Å²) in [4.78, 5) is 5.27. The molecule has 0 radical (unpaired) electrons. The van der Waals surface area contributed by atoms with Crippen LogP contribution in [0, 0.1) is 12.3 Å². The molecule has 1 heterocycles. The lowest BCUT2D eigenvalue weighted by molar-refractivity contribution is 1.16. The van der Waals surface area contributed by atoms with E-state index in [0.717, 1.165) is 14.9 Å². The highest BCUT2D eigenvalue weighted by atomic mass is 35.5. The maximum atomic E-state index is 7.53. The first-order valence-corrected chi connectivity index (χ1v) is 6.87. The van der Waals surface area contributed by atoms with Gasteiger partial charge in [-0.1, -0.05) is 23.4 Å². The number of nitrogens with two attached hydrogens (primary N) is 1. The van der Waals surface area contributed by atoms with Gasteiger partial charge in [-0.3, -0.25) is 5.41 Å². The van der Waals surface area contributed by atoms with Crippen LogP contribution in [0.1, 0.15) is 11.3 Å². The van der Waals surface area contributed by atoms with Gasteiger partial charge in [0.25, 0.3) is 0 Å². The quantitative estimate of drug-likeness (QED) is 0.669. The van der Waals surface area contributed by atoms with Crippen LogP contribution in [-0.2, 0) is 0 Å². The van der Waals surface area contributed by atoms with Crippen molar-refractivity contribution in [3.63, 3.8) is 0 Å². The molecule has 0 unspecified atom stereocenters. The number of nitrogen functional groups attached to an aromatic ring is 1. The molecule has 0 spiro atoms. The van der Waals surface area contributed by atoms with Crippen molar-refractivity contribution in [1.82, 2.24) is 4.98 Å².